The zero-order valence-corrected chi connectivity index (χ0v) is 9.64. The second-order valence-electron chi connectivity index (χ2n) is 3.33. The first-order chi connectivity index (χ1) is 6.53. The third-order valence-electron chi connectivity index (χ3n) is 2.02. The van der Waals surface area contributed by atoms with E-state index in [2.05, 4.69) is 9.62 Å². The van der Waals surface area contributed by atoms with Crippen LogP contribution in [0.1, 0.15) is 0 Å². The molecule has 0 saturated carbocycles. The molecule has 0 aliphatic carbocycles. The third kappa shape index (κ3) is 4.10. The Kier molecular flexibility index (Phi) is 4.59. The quantitative estimate of drug-likeness (QED) is 0.671. The van der Waals surface area contributed by atoms with E-state index >= 15 is 0 Å². The largest absolute Gasteiger partial charge is 0.374 e. The fourth-order valence-electron chi connectivity index (χ4n) is 1.25. The van der Waals surface area contributed by atoms with Crippen LogP contribution in [0.25, 0.3) is 0 Å². The molecule has 1 fully saturated rings. The molecular formula is C7H15ClN2O3S. The van der Waals surface area contributed by atoms with Gasteiger partial charge in [0.2, 0.25) is 10.0 Å². The molecule has 5 nitrogen and oxygen atoms in total. The first-order valence-corrected chi connectivity index (χ1v) is 6.55. The van der Waals surface area contributed by atoms with Crippen LogP contribution in [0.2, 0.25) is 0 Å². The lowest BCUT2D eigenvalue weighted by Gasteiger charge is -2.29. The van der Waals surface area contributed by atoms with E-state index in [0.29, 0.717) is 13.2 Å². The van der Waals surface area contributed by atoms with Crippen molar-refractivity contribution in [3.8, 4) is 0 Å². The van der Waals surface area contributed by atoms with Gasteiger partial charge in [0.05, 0.1) is 12.7 Å². The number of likely N-dealkylation sites (N-methyl/N-ethyl adjacent to an activating group) is 1. The Bertz CT molecular complexity index is 270. The normalized spacial score (nSPS) is 25.1. The Morgan fingerprint density at radius 3 is 2.93 bits per heavy atom. The van der Waals surface area contributed by atoms with E-state index in [1.165, 1.54) is 0 Å². The summed E-state index contributed by atoms with van der Waals surface area (Å²) < 4.78 is 29.8. The highest BCUT2D eigenvalue weighted by atomic mass is 35.5. The summed E-state index contributed by atoms with van der Waals surface area (Å²) in [5.41, 5.74) is 0. The number of halogens is 1. The molecule has 1 atom stereocenters. The molecule has 14 heavy (non-hydrogen) atoms. The molecule has 1 unspecified atom stereocenters. The van der Waals surface area contributed by atoms with E-state index in [-0.39, 0.29) is 6.10 Å². The lowest BCUT2D eigenvalue weighted by molar-refractivity contribution is -0.0156. The zero-order chi connectivity index (χ0) is 10.6. The van der Waals surface area contributed by atoms with Gasteiger partial charge in [0.15, 0.2) is 0 Å². The number of sulfonamides is 1. The number of hydrogen-bond donors (Lipinski definition) is 1. The molecule has 7 heteroatoms. The van der Waals surface area contributed by atoms with E-state index in [9.17, 15) is 8.42 Å². The Hall–Kier alpha value is 0.120. The van der Waals surface area contributed by atoms with Crippen LogP contribution in [0.15, 0.2) is 0 Å². The van der Waals surface area contributed by atoms with Gasteiger partial charge in [0, 0.05) is 19.6 Å². The maximum Gasteiger partial charge on any atom is 0.225 e. The first kappa shape index (κ1) is 12.2. The molecule has 0 aromatic carbocycles. The summed E-state index contributed by atoms with van der Waals surface area (Å²) in [6.45, 7) is 2.56. The highest BCUT2D eigenvalue weighted by Crippen LogP contribution is 2.02. The third-order valence-corrected chi connectivity index (χ3v) is 3.77. The van der Waals surface area contributed by atoms with Crippen molar-refractivity contribution in [2.24, 2.45) is 0 Å². The molecule has 0 radical (unpaired) electrons. The molecule has 1 heterocycles. The number of ether oxygens (including phenoxy) is 1. The summed E-state index contributed by atoms with van der Waals surface area (Å²) in [5.74, 6) is 0. The number of rotatable bonds is 4. The number of hydrogen-bond acceptors (Lipinski definition) is 4. The van der Waals surface area contributed by atoms with Crippen LogP contribution in [0.4, 0.5) is 0 Å². The van der Waals surface area contributed by atoms with Gasteiger partial charge in [-0.1, -0.05) is 0 Å². The van der Waals surface area contributed by atoms with Crippen LogP contribution in [0.3, 0.4) is 0 Å². The van der Waals surface area contributed by atoms with E-state index in [1.807, 2.05) is 7.05 Å². The molecule has 0 aromatic rings. The Balaban J connectivity index is 2.31. The average molecular weight is 243 g/mol. The van der Waals surface area contributed by atoms with Gasteiger partial charge in [-0.3, -0.25) is 0 Å². The lowest BCUT2D eigenvalue weighted by Crippen LogP contribution is -2.46. The molecule has 0 spiro atoms. The van der Waals surface area contributed by atoms with E-state index < -0.39 is 15.2 Å². The molecule has 1 aliphatic rings. The molecular weight excluding hydrogens is 228 g/mol. The van der Waals surface area contributed by atoms with Gasteiger partial charge < -0.3 is 9.64 Å². The van der Waals surface area contributed by atoms with Gasteiger partial charge in [-0.25, -0.2) is 13.1 Å². The topological polar surface area (TPSA) is 58.6 Å². The zero-order valence-electron chi connectivity index (χ0n) is 8.07. The maximum atomic E-state index is 11.0. The standard InChI is InChI=1S/C7H15ClN2O3S/c1-10-2-3-13-7(5-10)4-9-14(11,12)6-8/h7,9H,2-6H2,1H3. The Labute approximate surface area is 89.4 Å². The van der Waals surface area contributed by atoms with Crippen LogP contribution in [-0.2, 0) is 14.8 Å². The summed E-state index contributed by atoms with van der Waals surface area (Å²) >= 11 is 5.24. The highest BCUT2D eigenvalue weighted by molar-refractivity contribution is 7.90. The number of nitrogens with one attached hydrogen (secondary N) is 1. The van der Waals surface area contributed by atoms with E-state index in [1.54, 1.807) is 0 Å². The summed E-state index contributed by atoms with van der Waals surface area (Å²) in [5, 5.41) is -0.407. The van der Waals surface area contributed by atoms with Gasteiger partial charge in [0.25, 0.3) is 0 Å². The molecule has 1 aliphatic heterocycles. The van der Waals surface area contributed by atoms with Crippen molar-refractivity contribution in [2.45, 2.75) is 6.10 Å². The van der Waals surface area contributed by atoms with Crippen LogP contribution in [0.5, 0.6) is 0 Å². The second kappa shape index (κ2) is 5.27. The molecule has 1 rings (SSSR count). The fraction of sp³-hybridized carbons (Fsp3) is 1.00. The van der Waals surface area contributed by atoms with Gasteiger partial charge in [-0.15, -0.1) is 11.6 Å². The summed E-state index contributed by atoms with van der Waals surface area (Å²) in [6, 6.07) is 0. The number of alkyl halides is 1. The van der Waals surface area contributed by atoms with Crippen molar-refractivity contribution in [3.05, 3.63) is 0 Å². The lowest BCUT2D eigenvalue weighted by atomic mass is 10.3. The average Bonchev–Trinajstić information content (AvgIpc) is 2.15. The minimum Gasteiger partial charge on any atom is -0.374 e. The van der Waals surface area contributed by atoms with Crippen LogP contribution in [0, 0.1) is 0 Å². The smallest absolute Gasteiger partial charge is 0.225 e. The summed E-state index contributed by atoms with van der Waals surface area (Å²) in [7, 11) is -1.34. The second-order valence-corrected chi connectivity index (χ2v) is 5.72. The van der Waals surface area contributed by atoms with Gasteiger partial charge in [-0.05, 0) is 7.05 Å². The molecule has 1 N–H and O–H groups in total. The van der Waals surface area contributed by atoms with Gasteiger partial charge in [0.1, 0.15) is 5.21 Å². The Morgan fingerprint density at radius 1 is 1.64 bits per heavy atom. The van der Waals surface area contributed by atoms with Gasteiger partial charge in [-0.2, -0.15) is 0 Å². The molecule has 1 saturated heterocycles. The predicted octanol–water partition coefficient (Wildman–Crippen LogP) is -0.567. The van der Waals surface area contributed by atoms with Crippen LogP contribution in [-0.4, -0.2) is 57.9 Å². The SMILES string of the molecule is CN1CCOC(CNS(=O)(=O)CCl)C1. The minimum atomic E-state index is -3.32. The van der Waals surface area contributed by atoms with Crippen molar-refractivity contribution in [2.75, 3.05) is 38.5 Å². The van der Waals surface area contributed by atoms with Crippen molar-refractivity contribution >= 4 is 21.6 Å². The van der Waals surface area contributed by atoms with Crippen molar-refractivity contribution in [1.29, 1.82) is 0 Å². The van der Waals surface area contributed by atoms with Crippen molar-refractivity contribution < 1.29 is 13.2 Å². The molecule has 0 aromatic heterocycles. The van der Waals surface area contributed by atoms with Crippen molar-refractivity contribution in [3.63, 3.8) is 0 Å². The van der Waals surface area contributed by atoms with Gasteiger partial charge >= 0.3 is 0 Å². The molecule has 0 bridgehead atoms. The van der Waals surface area contributed by atoms with E-state index in [0.717, 1.165) is 13.1 Å². The number of morpholine rings is 1. The van der Waals surface area contributed by atoms with Crippen LogP contribution >= 0.6 is 11.6 Å². The molecule has 0 amide bonds. The minimum absolute atomic E-state index is 0.0771. The number of nitrogens with zero attached hydrogens (tertiary/aromatic N) is 1. The van der Waals surface area contributed by atoms with Crippen molar-refractivity contribution in [1.82, 2.24) is 9.62 Å². The predicted molar refractivity (Wildman–Crippen MR) is 54.9 cm³/mol. The fourth-order valence-corrected chi connectivity index (χ4v) is 2.00. The summed E-state index contributed by atoms with van der Waals surface area (Å²) in [4.78, 5) is 2.10. The summed E-state index contributed by atoms with van der Waals surface area (Å²) in [6.07, 6.45) is -0.0771. The monoisotopic (exact) mass is 242 g/mol. The Morgan fingerprint density at radius 2 is 2.36 bits per heavy atom. The van der Waals surface area contributed by atoms with Crippen LogP contribution < -0.4 is 4.72 Å². The maximum absolute atomic E-state index is 11.0. The molecule has 84 valence electrons. The first-order valence-electron chi connectivity index (χ1n) is 4.37. The van der Waals surface area contributed by atoms with E-state index in [4.69, 9.17) is 16.3 Å². The highest BCUT2D eigenvalue weighted by Gasteiger charge is 2.19.